The summed E-state index contributed by atoms with van der Waals surface area (Å²) in [6.45, 7) is 0.795. The first-order chi connectivity index (χ1) is 16.6. The fourth-order valence-corrected chi connectivity index (χ4v) is 7.24. The Morgan fingerprint density at radius 2 is 1.76 bits per heavy atom. The monoisotopic (exact) mass is 464 g/mol. The van der Waals surface area contributed by atoms with E-state index in [4.69, 9.17) is 0 Å². The van der Waals surface area contributed by atoms with Gasteiger partial charge in [-0.05, 0) is 62.8 Å². The summed E-state index contributed by atoms with van der Waals surface area (Å²) in [5, 5.41) is 6.48. The molecule has 0 radical (unpaired) electrons. The Balaban J connectivity index is 0.00000152. The summed E-state index contributed by atoms with van der Waals surface area (Å²) in [7, 11) is 0. The van der Waals surface area contributed by atoms with E-state index in [1.54, 1.807) is 0 Å². The molecule has 1 atom stereocenters. The van der Waals surface area contributed by atoms with Crippen molar-refractivity contribution in [3.05, 3.63) is 42.4 Å². The van der Waals surface area contributed by atoms with E-state index in [1.165, 1.54) is 43.2 Å². The third-order valence-electron chi connectivity index (χ3n) is 9.47. The largest absolute Gasteiger partial charge is 0.338 e. The molecule has 4 saturated carbocycles. The van der Waals surface area contributed by atoms with Gasteiger partial charge in [0.05, 0.1) is 24.3 Å². The van der Waals surface area contributed by atoms with Crippen molar-refractivity contribution < 1.29 is 12.4 Å². The van der Waals surface area contributed by atoms with Crippen molar-refractivity contribution in [1.82, 2.24) is 20.2 Å². The number of carbonyl (C=O) groups is 2. The van der Waals surface area contributed by atoms with Crippen LogP contribution in [-0.4, -0.2) is 33.4 Å². The van der Waals surface area contributed by atoms with E-state index in [2.05, 4.69) is 44.5 Å². The summed E-state index contributed by atoms with van der Waals surface area (Å²) < 4.78 is 2.17. The van der Waals surface area contributed by atoms with Crippen LogP contribution >= 0.6 is 0 Å². The van der Waals surface area contributed by atoms with Crippen LogP contribution in [0.1, 0.15) is 91.5 Å². The summed E-state index contributed by atoms with van der Waals surface area (Å²) in [6.07, 6.45) is 16.1. The van der Waals surface area contributed by atoms with Crippen LogP contribution in [0.4, 0.5) is 4.79 Å². The minimum atomic E-state index is -0.222. The molecule has 2 bridgehead atoms. The van der Waals surface area contributed by atoms with Crippen molar-refractivity contribution in [2.45, 2.75) is 88.6 Å². The molecular formula is C28H40N4O2. The molecule has 4 aliphatic carbocycles. The van der Waals surface area contributed by atoms with E-state index in [0.29, 0.717) is 18.1 Å². The number of amides is 2. The second-order valence-electron chi connectivity index (χ2n) is 11.3. The SMILES string of the molecule is O=C(NCC1CCCCC1)NC12CCC(C(=O)CC3c4ccccc4-c4cncn43)(CC1)CC2.[HH].[HH]. The quantitative estimate of drug-likeness (QED) is 0.561. The number of carbonyl (C=O) groups excluding carboxylic acids is 2. The molecule has 6 heteroatoms. The van der Waals surface area contributed by atoms with Gasteiger partial charge in [0.2, 0.25) is 0 Å². The molecule has 4 fully saturated rings. The molecule has 0 spiro atoms. The lowest BCUT2D eigenvalue weighted by molar-refractivity contribution is -0.136. The molecule has 34 heavy (non-hydrogen) atoms. The number of imidazole rings is 1. The molecule has 6 nitrogen and oxygen atoms in total. The third-order valence-corrected chi connectivity index (χ3v) is 9.47. The third kappa shape index (κ3) is 3.75. The van der Waals surface area contributed by atoms with Crippen molar-refractivity contribution in [3.8, 4) is 11.3 Å². The first kappa shape index (κ1) is 21.9. The minimum absolute atomic E-state index is 0. The number of hydrogen-bond acceptors (Lipinski definition) is 3. The summed E-state index contributed by atoms with van der Waals surface area (Å²) >= 11 is 0. The highest BCUT2D eigenvalue weighted by atomic mass is 16.2. The average molecular weight is 465 g/mol. The molecule has 1 aromatic carbocycles. The number of nitrogens with one attached hydrogen (secondary N) is 2. The number of ketones is 1. The number of benzene rings is 1. The Hall–Kier alpha value is -2.63. The molecule has 1 aliphatic heterocycles. The van der Waals surface area contributed by atoms with Crippen LogP contribution < -0.4 is 10.6 Å². The van der Waals surface area contributed by atoms with Gasteiger partial charge in [0.1, 0.15) is 5.78 Å². The number of fused-ring (bicyclic) bond motifs is 6. The van der Waals surface area contributed by atoms with Gasteiger partial charge in [-0.1, -0.05) is 43.5 Å². The van der Waals surface area contributed by atoms with E-state index in [9.17, 15) is 9.59 Å². The van der Waals surface area contributed by atoms with Crippen LogP contribution in [0.15, 0.2) is 36.8 Å². The van der Waals surface area contributed by atoms with Crippen LogP contribution in [0.2, 0.25) is 0 Å². The van der Waals surface area contributed by atoms with E-state index in [1.807, 2.05) is 12.5 Å². The molecule has 2 aromatic rings. The topological polar surface area (TPSA) is 76.0 Å². The van der Waals surface area contributed by atoms with Crippen molar-refractivity contribution >= 4 is 11.8 Å². The Bertz CT molecular complexity index is 1070. The highest BCUT2D eigenvalue weighted by Gasteiger charge is 2.53. The van der Waals surface area contributed by atoms with Gasteiger partial charge in [-0.2, -0.15) is 0 Å². The van der Waals surface area contributed by atoms with Gasteiger partial charge in [-0.25, -0.2) is 9.78 Å². The lowest BCUT2D eigenvalue weighted by atomic mass is 9.55. The van der Waals surface area contributed by atoms with Crippen LogP contribution in [0.3, 0.4) is 0 Å². The lowest BCUT2D eigenvalue weighted by Crippen LogP contribution is -2.60. The molecule has 2 amide bonds. The van der Waals surface area contributed by atoms with Crippen LogP contribution in [0.5, 0.6) is 0 Å². The number of aromatic nitrogens is 2. The predicted octanol–water partition coefficient (Wildman–Crippen LogP) is 5.88. The predicted molar refractivity (Wildman–Crippen MR) is 136 cm³/mol. The Morgan fingerprint density at radius 1 is 1.03 bits per heavy atom. The lowest BCUT2D eigenvalue weighted by Gasteiger charge is -2.53. The zero-order valence-corrected chi connectivity index (χ0v) is 20.0. The van der Waals surface area contributed by atoms with Gasteiger partial charge in [0, 0.05) is 32.3 Å². The second-order valence-corrected chi connectivity index (χ2v) is 11.3. The highest BCUT2D eigenvalue weighted by Crippen LogP contribution is 2.54. The van der Waals surface area contributed by atoms with E-state index in [-0.39, 0.29) is 25.9 Å². The summed E-state index contributed by atoms with van der Waals surface area (Å²) in [5.74, 6) is 1.03. The standard InChI is InChI=1S/C28H36N4O2.2H2/c33-25(16-23-21-8-4-5-9-22(21)24-18-29-19-32(23)24)27-10-13-28(14-11-27,15-12-27)31-26(34)30-17-20-6-2-1-3-7-20;;/h4-5,8-9,18-20,23H,1-3,6-7,10-17H2,(H2,30,31,34);2*1H. The van der Waals surface area contributed by atoms with Crippen LogP contribution in [-0.2, 0) is 4.79 Å². The summed E-state index contributed by atoms with van der Waals surface area (Å²) in [5.41, 5.74) is 3.20. The highest BCUT2D eigenvalue weighted by molar-refractivity contribution is 5.87. The van der Waals surface area contributed by atoms with Crippen LogP contribution in [0.25, 0.3) is 11.3 Å². The zero-order valence-electron chi connectivity index (χ0n) is 20.0. The minimum Gasteiger partial charge on any atom is -0.338 e. The summed E-state index contributed by atoms with van der Waals surface area (Å²) in [4.78, 5) is 30.8. The number of hydrogen-bond donors (Lipinski definition) is 2. The van der Waals surface area contributed by atoms with Crippen molar-refractivity contribution in [3.63, 3.8) is 0 Å². The van der Waals surface area contributed by atoms with Crippen molar-refractivity contribution in [2.75, 3.05) is 6.54 Å². The Labute approximate surface area is 204 Å². The van der Waals surface area contributed by atoms with E-state index < -0.39 is 0 Å². The maximum absolute atomic E-state index is 13.7. The van der Waals surface area contributed by atoms with Gasteiger partial charge in [0.25, 0.3) is 0 Å². The maximum Gasteiger partial charge on any atom is 0.315 e. The molecule has 184 valence electrons. The molecule has 1 aromatic heterocycles. The molecule has 2 heterocycles. The molecular weight excluding hydrogens is 424 g/mol. The Kier molecular flexibility index (Phi) is 5.50. The zero-order chi connectivity index (χ0) is 23.2. The van der Waals surface area contributed by atoms with Gasteiger partial charge in [-0.3, -0.25) is 4.79 Å². The number of Topliss-reactive ketones (excluding diaryl/α,β-unsaturated/α-hetero) is 1. The van der Waals surface area contributed by atoms with Gasteiger partial charge >= 0.3 is 6.03 Å². The fourth-order valence-electron chi connectivity index (χ4n) is 7.24. The number of nitrogens with zero attached hydrogens (tertiary/aromatic N) is 2. The molecule has 1 unspecified atom stereocenters. The number of urea groups is 1. The normalized spacial score (nSPS) is 29.9. The molecule has 2 N–H and O–H groups in total. The van der Waals surface area contributed by atoms with Gasteiger partial charge in [0.15, 0.2) is 0 Å². The molecule has 5 aliphatic rings. The summed E-state index contributed by atoms with van der Waals surface area (Å²) in [6, 6.07) is 8.44. The van der Waals surface area contributed by atoms with Crippen LogP contribution in [0, 0.1) is 11.3 Å². The number of rotatable bonds is 6. The van der Waals surface area contributed by atoms with Gasteiger partial charge < -0.3 is 15.2 Å². The first-order valence-corrected chi connectivity index (χ1v) is 13.3. The van der Waals surface area contributed by atoms with Crippen molar-refractivity contribution in [1.29, 1.82) is 0 Å². The molecule has 7 rings (SSSR count). The second kappa shape index (κ2) is 8.54. The first-order valence-electron chi connectivity index (χ1n) is 13.3. The van der Waals surface area contributed by atoms with Crippen molar-refractivity contribution in [2.24, 2.45) is 11.3 Å². The average Bonchev–Trinajstić information content (AvgIpc) is 3.47. The van der Waals surface area contributed by atoms with Gasteiger partial charge in [-0.15, -0.1) is 0 Å². The smallest absolute Gasteiger partial charge is 0.315 e. The maximum atomic E-state index is 13.7. The molecule has 0 saturated heterocycles. The Morgan fingerprint density at radius 3 is 2.53 bits per heavy atom. The van der Waals surface area contributed by atoms with E-state index in [0.717, 1.165) is 50.8 Å². The fraction of sp³-hybridized carbons (Fsp3) is 0.607. The van der Waals surface area contributed by atoms with E-state index >= 15 is 0 Å².